The molecular weight excluding hydrogens is 414 g/mol. The van der Waals surface area contributed by atoms with Gasteiger partial charge in [-0.1, -0.05) is 36.0 Å². The smallest absolute Gasteiger partial charge is 0.263 e. The predicted octanol–water partition coefficient (Wildman–Crippen LogP) is 4.61. The van der Waals surface area contributed by atoms with Crippen LogP contribution in [0.25, 0.3) is 0 Å². The number of halogens is 3. The highest BCUT2D eigenvalue weighted by Gasteiger charge is 2.25. The second-order valence-electron chi connectivity index (χ2n) is 6.33. The maximum absolute atomic E-state index is 13.0. The molecule has 144 valence electrons. The highest BCUT2D eigenvalue weighted by Crippen LogP contribution is 2.30. The van der Waals surface area contributed by atoms with Gasteiger partial charge in [0.15, 0.2) is 0 Å². The number of nitrogens with one attached hydrogen (secondary N) is 2. The first-order valence-electron chi connectivity index (χ1n) is 8.34. The Kier molecular flexibility index (Phi) is 5.93. The molecule has 0 aliphatic heterocycles. The van der Waals surface area contributed by atoms with Gasteiger partial charge in [0, 0.05) is 11.7 Å². The Morgan fingerprint density at radius 1 is 1.04 bits per heavy atom. The number of rotatable bonds is 5. The van der Waals surface area contributed by atoms with E-state index in [-0.39, 0.29) is 32.2 Å². The number of hydrogen-bond donors (Lipinski definition) is 2. The van der Waals surface area contributed by atoms with Gasteiger partial charge in [-0.25, -0.2) is 12.8 Å². The maximum Gasteiger partial charge on any atom is 0.263 e. The van der Waals surface area contributed by atoms with Crippen molar-refractivity contribution in [3.05, 3.63) is 57.8 Å². The highest BCUT2D eigenvalue weighted by molar-refractivity contribution is 7.92. The van der Waals surface area contributed by atoms with E-state index in [0.717, 1.165) is 43.9 Å². The van der Waals surface area contributed by atoms with Gasteiger partial charge in [-0.3, -0.25) is 9.52 Å². The summed E-state index contributed by atoms with van der Waals surface area (Å²) in [6.07, 6.45) is 3.85. The first kappa shape index (κ1) is 19.9. The molecule has 0 aromatic heterocycles. The molecule has 1 amide bonds. The third-order valence-electron chi connectivity index (χ3n) is 4.34. The molecule has 0 atom stereocenters. The lowest BCUT2D eigenvalue weighted by molar-refractivity contribution is 0.0938. The second-order valence-corrected chi connectivity index (χ2v) is 8.79. The normalized spacial score (nSPS) is 14.9. The van der Waals surface area contributed by atoms with Crippen molar-refractivity contribution in [2.45, 2.75) is 36.6 Å². The number of hydrogen-bond acceptors (Lipinski definition) is 3. The Bertz CT molecular complexity index is 959. The fourth-order valence-corrected chi connectivity index (χ4v) is 4.89. The number of carbonyl (C=O) groups is 1. The van der Waals surface area contributed by atoms with Crippen LogP contribution in [0.1, 0.15) is 36.0 Å². The number of amides is 1. The van der Waals surface area contributed by atoms with Crippen LogP contribution in [0.15, 0.2) is 41.3 Å². The fraction of sp³-hybridized carbons (Fsp3) is 0.278. The lowest BCUT2D eigenvalue weighted by Crippen LogP contribution is -2.33. The minimum atomic E-state index is -4.10. The van der Waals surface area contributed by atoms with Crippen molar-refractivity contribution in [2.24, 2.45) is 0 Å². The van der Waals surface area contributed by atoms with Crippen LogP contribution in [0.3, 0.4) is 0 Å². The van der Waals surface area contributed by atoms with E-state index in [9.17, 15) is 17.6 Å². The molecule has 2 aromatic carbocycles. The zero-order valence-electron chi connectivity index (χ0n) is 14.1. The van der Waals surface area contributed by atoms with Crippen molar-refractivity contribution in [1.29, 1.82) is 0 Å². The second kappa shape index (κ2) is 8.04. The topological polar surface area (TPSA) is 75.3 Å². The lowest BCUT2D eigenvalue weighted by atomic mass is 10.2. The van der Waals surface area contributed by atoms with Crippen molar-refractivity contribution < 1.29 is 17.6 Å². The van der Waals surface area contributed by atoms with Crippen molar-refractivity contribution in [2.75, 3.05) is 4.72 Å². The van der Waals surface area contributed by atoms with Crippen LogP contribution < -0.4 is 10.0 Å². The molecule has 0 spiro atoms. The summed E-state index contributed by atoms with van der Waals surface area (Å²) < 4.78 is 40.7. The Labute approximate surface area is 166 Å². The lowest BCUT2D eigenvalue weighted by Gasteiger charge is -2.15. The Balaban J connectivity index is 1.89. The van der Waals surface area contributed by atoms with Crippen LogP contribution in [-0.2, 0) is 10.0 Å². The Morgan fingerprint density at radius 2 is 1.67 bits per heavy atom. The Hall–Kier alpha value is -1.83. The molecule has 1 fully saturated rings. The molecule has 27 heavy (non-hydrogen) atoms. The predicted molar refractivity (Wildman–Crippen MR) is 103 cm³/mol. The van der Waals surface area contributed by atoms with E-state index in [2.05, 4.69) is 10.0 Å². The average molecular weight is 431 g/mol. The van der Waals surface area contributed by atoms with Crippen LogP contribution in [0.2, 0.25) is 10.0 Å². The number of carbonyl (C=O) groups excluding carboxylic acids is 1. The molecule has 1 saturated carbocycles. The van der Waals surface area contributed by atoms with Gasteiger partial charge in [-0.05, 0) is 49.2 Å². The zero-order chi connectivity index (χ0) is 19.6. The largest absolute Gasteiger partial charge is 0.349 e. The van der Waals surface area contributed by atoms with E-state index in [4.69, 9.17) is 23.2 Å². The van der Waals surface area contributed by atoms with E-state index in [1.807, 2.05) is 0 Å². The first-order chi connectivity index (χ1) is 12.8. The highest BCUT2D eigenvalue weighted by atomic mass is 35.5. The van der Waals surface area contributed by atoms with Crippen LogP contribution in [0.5, 0.6) is 0 Å². The zero-order valence-corrected chi connectivity index (χ0v) is 16.5. The van der Waals surface area contributed by atoms with E-state index < -0.39 is 21.7 Å². The molecule has 9 heteroatoms. The van der Waals surface area contributed by atoms with Crippen molar-refractivity contribution in [3.63, 3.8) is 0 Å². The molecule has 0 heterocycles. The molecule has 3 rings (SSSR count). The quantitative estimate of drug-likeness (QED) is 0.727. The molecule has 0 bridgehead atoms. The fourth-order valence-electron chi connectivity index (χ4n) is 2.97. The molecular formula is C18H17Cl2FN2O3S. The number of sulfonamides is 1. The van der Waals surface area contributed by atoms with Crippen LogP contribution in [-0.4, -0.2) is 20.4 Å². The van der Waals surface area contributed by atoms with Gasteiger partial charge >= 0.3 is 0 Å². The summed E-state index contributed by atoms with van der Waals surface area (Å²) in [5.74, 6) is -0.935. The summed E-state index contributed by atoms with van der Waals surface area (Å²) in [6.45, 7) is 0. The minimum Gasteiger partial charge on any atom is -0.349 e. The molecule has 1 aliphatic rings. The van der Waals surface area contributed by atoms with Crippen LogP contribution in [0.4, 0.5) is 10.1 Å². The van der Waals surface area contributed by atoms with Crippen molar-refractivity contribution >= 4 is 44.8 Å². The molecule has 0 unspecified atom stereocenters. The van der Waals surface area contributed by atoms with E-state index in [1.165, 1.54) is 18.2 Å². The van der Waals surface area contributed by atoms with Gasteiger partial charge in [-0.15, -0.1) is 0 Å². The van der Waals surface area contributed by atoms with Crippen molar-refractivity contribution in [1.82, 2.24) is 5.32 Å². The van der Waals surface area contributed by atoms with Gasteiger partial charge in [0.25, 0.3) is 15.9 Å². The Morgan fingerprint density at radius 3 is 2.30 bits per heavy atom. The third kappa shape index (κ3) is 4.72. The molecule has 5 nitrogen and oxygen atoms in total. The minimum absolute atomic E-state index is 0.0347. The molecule has 0 saturated heterocycles. The van der Waals surface area contributed by atoms with Crippen molar-refractivity contribution in [3.8, 4) is 0 Å². The summed E-state index contributed by atoms with van der Waals surface area (Å²) in [5.41, 5.74) is 0.201. The van der Waals surface area contributed by atoms with Gasteiger partial charge in [0.05, 0.1) is 15.6 Å². The summed E-state index contributed by atoms with van der Waals surface area (Å²) in [6, 6.07) is 7.26. The van der Waals surface area contributed by atoms with E-state index >= 15 is 0 Å². The van der Waals surface area contributed by atoms with Crippen LogP contribution >= 0.6 is 23.2 Å². The number of anilines is 1. The van der Waals surface area contributed by atoms with Gasteiger partial charge in [0.1, 0.15) is 10.7 Å². The van der Waals surface area contributed by atoms with Gasteiger partial charge in [-0.2, -0.15) is 0 Å². The van der Waals surface area contributed by atoms with Gasteiger partial charge in [0.2, 0.25) is 0 Å². The summed E-state index contributed by atoms with van der Waals surface area (Å²) in [5, 5.41) is 2.81. The van der Waals surface area contributed by atoms with E-state index in [0.29, 0.717) is 0 Å². The standard InChI is InChI=1S/C18H17Cl2FN2O3S/c19-15-10-16(20)17(9-14(15)18(24)22-12-3-1-2-4-12)27(25,26)23-13-7-5-11(21)6-8-13/h5-10,12,23H,1-4H2,(H,22,24). The maximum atomic E-state index is 13.0. The molecule has 2 aromatic rings. The van der Waals surface area contributed by atoms with Gasteiger partial charge < -0.3 is 5.32 Å². The molecule has 1 aliphatic carbocycles. The average Bonchev–Trinajstić information content (AvgIpc) is 3.09. The number of benzene rings is 2. The van der Waals surface area contributed by atoms with E-state index in [1.54, 1.807) is 0 Å². The summed E-state index contributed by atoms with van der Waals surface area (Å²) in [7, 11) is -4.10. The third-order valence-corrected chi connectivity index (χ3v) is 6.50. The molecule has 0 radical (unpaired) electrons. The summed E-state index contributed by atoms with van der Waals surface area (Å²) in [4.78, 5) is 12.2. The summed E-state index contributed by atoms with van der Waals surface area (Å²) >= 11 is 12.2. The monoisotopic (exact) mass is 430 g/mol. The first-order valence-corrected chi connectivity index (χ1v) is 10.6. The van der Waals surface area contributed by atoms with Crippen LogP contribution in [0, 0.1) is 5.82 Å². The SMILES string of the molecule is O=C(NC1CCCC1)c1cc(S(=O)(=O)Nc2ccc(F)cc2)c(Cl)cc1Cl. The molecule has 2 N–H and O–H groups in total.